The zero-order valence-corrected chi connectivity index (χ0v) is 17.1. The summed E-state index contributed by atoms with van der Waals surface area (Å²) >= 11 is 0. The lowest BCUT2D eigenvalue weighted by molar-refractivity contribution is -0.129. The van der Waals surface area contributed by atoms with Gasteiger partial charge in [-0.1, -0.05) is 6.07 Å². The van der Waals surface area contributed by atoms with Crippen LogP contribution < -0.4 is 5.32 Å². The van der Waals surface area contributed by atoms with Gasteiger partial charge in [-0.15, -0.1) is 0 Å². The zero-order chi connectivity index (χ0) is 22.2. The van der Waals surface area contributed by atoms with Gasteiger partial charge in [-0.05, 0) is 24.3 Å². The first-order valence-electron chi connectivity index (χ1n) is 9.92. The fraction of sp³-hybridized carbons (Fsp3) is 0.182. The summed E-state index contributed by atoms with van der Waals surface area (Å²) in [5, 5.41) is 10.9. The number of para-hydroxylation sites is 1. The van der Waals surface area contributed by atoms with Gasteiger partial charge in [-0.2, -0.15) is 0 Å². The first kappa shape index (κ1) is 19.7. The summed E-state index contributed by atoms with van der Waals surface area (Å²) < 4.78 is 25.2. The molecule has 0 spiro atoms. The van der Waals surface area contributed by atoms with Crippen molar-refractivity contribution in [2.75, 3.05) is 13.7 Å². The van der Waals surface area contributed by atoms with Crippen LogP contribution in [-0.4, -0.2) is 45.6 Å². The molecule has 2 aromatic heterocycles. The first-order chi connectivity index (χ1) is 15.6. The van der Waals surface area contributed by atoms with Crippen LogP contribution in [0.4, 0.5) is 4.39 Å². The molecule has 2 aliphatic heterocycles. The van der Waals surface area contributed by atoms with Gasteiger partial charge in [-0.25, -0.2) is 14.4 Å². The molecule has 2 aliphatic rings. The number of rotatable bonds is 4. The highest BCUT2D eigenvalue weighted by Crippen LogP contribution is 2.36. The van der Waals surface area contributed by atoms with Gasteiger partial charge in [0.2, 0.25) is 5.89 Å². The number of halogens is 1. The lowest BCUT2D eigenvalue weighted by Gasteiger charge is -2.33. The van der Waals surface area contributed by atoms with Crippen LogP contribution in [0.25, 0.3) is 11.1 Å². The van der Waals surface area contributed by atoms with E-state index in [9.17, 15) is 9.18 Å². The van der Waals surface area contributed by atoms with Crippen molar-refractivity contribution in [2.45, 2.75) is 12.5 Å². The molecule has 32 heavy (non-hydrogen) atoms. The summed E-state index contributed by atoms with van der Waals surface area (Å²) in [6, 6.07) is 3.72. The summed E-state index contributed by atoms with van der Waals surface area (Å²) in [5.74, 6) is -0.176. The van der Waals surface area contributed by atoms with E-state index in [1.165, 1.54) is 13.2 Å². The van der Waals surface area contributed by atoms with E-state index in [2.05, 4.69) is 20.3 Å². The average Bonchev–Trinajstić information content (AvgIpc) is 3.47. The Morgan fingerprint density at radius 2 is 2.28 bits per heavy atom. The fourth-order valence-corrected chi connectivity index (χ4v) is 3.91. The van der Waals surface area contributed by atoms with Gasteiger partial charge in [0.15, 0.2) is 17.4 Å². The number of aromatic amines is 1. The number of aromatic nitrogens is 3. The number of imidazole rings is 1. The van der Waals surface area contributed by atoms with E-state index < -0.39 is 17.8 Å². The molecule has 0 bridgehead atoms. The second kappa shape index (κ2) is 7.80. The SMILES string of the molecule is COC1=CN/C(=C(\C=N)C(=O)N2CCc3[nH]cnc3[C@H]2c2nc3cccc(F)c3o2)C=C1. The number of carbonyl (C=O) groups is 1. The number of hydrogen-bond acceptors (Lipinski definition) is 7. The maximum absolute atomic E-state index is 14.2. The normalized spacial score (nSPS) is 19.2. The number of methoxy groups -OCH3 is 1. The maximum Gasteiger partial charge on any atom is 0.258 e. The minimum atomic E-state index is -0.766. The van der Waals surface area contributed by atoms with Crippen LogP contribution in [0.1, 0.15) is 23.3 Å². The molecule has 4 heterocycles. The van der Waals surface area contributed by atoms with Gasteiger partial charge in [0.05, 0.1) is 30.4 Å². The van der Waals surface area contributed by atoms with E-state index in [0.717, 1.165) is 11.9 Å². The van der Waals surface area contributed by atoms with Gasteiger partial charge < -0.3 is 29.8 Å². The Labute approximate surface area is 181 Å². The van der Waals surface area contributed by atoms with Crippen LogP contribution in [0.3, 0.4) is 0 Å². The third-order valence-corrected chi connectivity index (χ3v) is 5.49. The molecule has 162 valence electrons. The number of nitrogens with zero attached hydrogens (tertiary/aromatic N) is 3. The van der Waals surface area contributed by atoms with Crippen LogP contribution in [0.5, 0.6) is 0 Å². The van der Waals surface area contributed by atoms with Gasteiger partial charge in [0.1, 0.15) is 11.3 Å². The first-order valence-corrected chi connectivity index (χ1v) is 9.92. The molecule has 0 unspecified atom stereocenters. The van der Waals surface area contributed by atoms with E-state index in [0.29, 0.717) is 35.6 Å². The Morgan fingerprint density at radius 1 is 1.41 bits per heavy atom. The van der Waals surface area contributed by atoms with E-state index in [4.69, 9.17) is 14.6 Å². The Kier molecular flexibility index (Phi) is 4.81. The second-order valence-electron chi connectivity index (χ2n) is 7.26. The molecular formula is C22H19FN6O3. The standard InChI is InChI=1S/C22H19FN6O3/c1-31-12-5-6-15(25-10-12)13(9-24)22(30)29-8-7-16-18(27-11-26-16)19(29)21-28-17-4-2-3-14(23)20(17)32-21/h2-6,9-11,19,24-25H,7-8H2,1H3,(H,26,27)/b15-13+,24-9?/t19-/m0/s1. The highest BCUT2D eigenvalue weighted by Gasteiger charge is 2.39. The summed E-state index contributed by atoms with van der Waals surface area (Å²) in [4.78, 5) is 27.0. The van der Waals surface area contributed by atoms with Crippen molar-refractivity contribution >= 4 is 23.2 Å². The molecule has 0 saturated carbocycles. The number of carbonyl (C=O) groups excluding carboxylic acids is 1. The fourth-order valence-electron chi connectivity index (χ4n) is 3.91. The quantitative estimate of drug-likeness (QED) is 0.429. The predicted molar refractivity (Wildman–Crippen MR) is 113 cm³/mol. The van der Waals surface area contributed by atoms with Crippen LogP contribution in [0.2, 0.25) is 0 Å². The number of hydrogen-bond donors (Lipinski definition) is 3. The van der Waals surface area contributed by atoms with Crippen LogP contribution in [0.15, 0.2) is 64.3 Å². The van der Waals surface area contributed by atoms with Crippen molar-refractivity contribution in [1.29, 1.82) is 5.41 Å². The molecule has 5 rings (SSSR count). The molecule has 3 N–H and O–H groups in total. The van der Waals surface area contributed by atoms with E-state index >= 15 is 0 Å². The monoisotopic (exact) mass is 434 g/mol. The molecule has 0 saturated heterocycles. The number of nitrogens with one attached hydrogen (secondary N) is 3. The minimum Gasteiger partial charge on any atom is -0.495 e. The van der Waals surface area contributed by atoms with Gasteiger partial charge >= 0.3 is 0 Å². The zero-order valence-electron chi connectivity index (χ0n) is 17.1. The van der Waals surface area contributed by atoms with Crippen molar-refractivity contribution < 1.29 is 18.3 Å². The molecule has 0 fully saturated rings. The molecule has 9 nitrogen and oxygen atoms in total. The predicted octanol–water partition coefficient (Wildman–Crippen LogP) is 2.71. The molecular weight excluding hydrogens is 415 g/mol. The van der Waals surface area contributed by atoms with Crippen molar-refractivity contribution in [3.05, 3.63) is 83.0 Å². The number of ether oxygens (including phenoxy) is 1. The van der Waals surface area contributed by atoms with Crippen molar-refractivity contribution in [3.63, 3.8) is 0 Å². The molecule has 1 aromatic carbocycles. The number of dihydropyridines is 1. The van der Waals surface area contributed by atoms with E-state index in [1.54, 1.807) is 41.7 Å². The third kappa shape index (κ3) is 3.16. The van der Waals surface area contributed by atoms with Crippen molar-refractivity contribution in [3.8, 4) is 0 Å². The number of fused-ring (bicyclic) bond motifs is 2. The number of allylic oxidation sites excluding steroid dienone is 2. The van der Waals surface area contributed by atoms with E-state index in [1.807, 2.05) is 0 Å². The Morgan fingerprint density at radius 3 is 3.00 bits per heavy atom. The average molecular weight is 434 g/mol. The third-order valence-electron chi connectivity index (χ3n) is 5.49. The summed E-state index contributed by atoms with van der Waals surface area (Å²) in [6.45, 7) is 0.341. The number of H-pyrrole nitrogens is 1. The number of benzene rings is 1. The molecule has 0 aliphatic carbocycles. The summed E-state index contributed by atoms with van der Waals surface area (Å²) in [5.41, 5.74) is 2.43. The Hall–Kier alpha value is -4.21. The second-order valence-corrected chi connectivity index (χ2v) is 7.26. The molecule has 1 atom stereocenters. The lowest BCUT2D eigenvalue weighted by Crippen LogP contribution is -2.42. The molecule has 1 amide bonds. The summed E-state index contributed by atoms with van der Waals surface area (Å²) in [6.07, 6.45) is 8.08. The van der Waals surface area contributed by atoms with Crippen LogP contribution in [0, 0.1) is 11.2 Å². The maximum atomic E-state index is 14.2. The van der Waals surface area contributed by atoms with Crippen molar-refractivity contribution in [1.82, 2.24) is 25.2 Å². The van der Waals surface area contributed by atoms with Crippen LogP contribution >= 0.6 is 0 Å². The smallest absolute Gasteiger partial charge is 0.258 e. The van der Waals surface area contributed by atoms with Gasteiger partial charge in [0, 0.05) is 31.1 Å². The number of amides is 1. The van der Waals surface area contributed by atoms with Gasteiger partial charge in [-0.3, -0.25) is 4.79 Å². The molecule has 0 radical (unpaired) electrons. The Bertz CT molecular complexity index is 1320. The minimum absolute atomic E-state index is 0.0253. The van der Waals surface area contributed by atoms with Gasteiger partial charge in [0.25, 0.3) is 5.91 Å². The molecule has 3 aromatic rings. The highest BCUT2D eigenvalue weighted by atomic mass is 19.1. The van der Waals surface area contributed by atoms with Crippen LogP contribution in [-0.2, 0) is 16.0 Å². The highest BCUT2D eigenvalue weighted by molar-refractivity contribution is 6.12. The summed E-state index contributed by atoms with van der Waals surface area (Å²) in [7, 11) is 1.54. The van der Waals surface area contributed by atoms with Crippen molar-refractivity contribution in [2.24, 2.45) is 0 Å². The molecule has 10 heteroatoms. The largest absolute Gasteiger partial charge is 0.495 e. The lowest BCUT2D eigenvalue weighted by atomic mass is 10.0. The topological polar surface area (TPSA) is 120 Å². The Balaban J connectivity index is 1.58. The number of oxazole rings is 1. The van der Waals surface area contributed by atoms with E-state index in [-0.39, 0.29) is 17.0 Å².